The quantitative estimate of drug-likeness (QED) is 0.625. The van der Waals surface area contributed by atoms with Crippen molar-refractivity contribution < 1.29 is 9.59 Å². The van der Waals surface area contributed by atoms with E-state index in [0.717, 1.165) is 5.56 Å². The molecule has 1 aromatic rings. The van der Waals surface area contributed by atoms with Crippen molar-refractivity contribution in [3.05, 3.63) is 35.9 Å². The highest BCUT2D eigenvalue weighted by molar-refractivity contribution is 6.18. The molecule has 4 nitrogen and oxygen atoms in total. The van der Waals surface area contributed by atoms with Crippen molar-refractivity contribution >= 4 is 17.9 Å². The molecule has 17 heavy (non-hydrogen) atoms. The highest BCUT2D eigenvalue weighted by Crippen LogP contribution is 2.16. The van der Waals surface area contributed by atoms with Crippen molar-refractivity contribution in [1.29, 1.82) is 0 Å². The number of benzene rings is 1. The van der Waals surface area contributed by atoms with Gasteiger partial charge in [0.25, 0.3) is 0 Å². The molecule has 1 unspecified atom stereocenters. The minimum Gasteiger partial charge on any atom is -0.348 e. The van der Waals surface area contributed by atoms with Gasteiger partial charge in [-0.1, -0.05) is 30.3 Å². The Balaban J connectivity index is 2.06. The fourth-order valence-electron chi connectivity index (χ4n) is 1.72. The van der Waals surface area contributed by atoms with Crippen LogP contribution in [0.3, 0.4) is 0 Å². The molecule has 1 fully saturated rings. The van der Waals surface area contributed by atoms with Crippen LogP contribution in [0.4, 0.5) is 0 Å². The second-order valence-electron chi connectivity index (χ2n) is 4.05. The van der Waals surface area contributed by atoms with E-state index in [-0.39, 0.29) is 24.3 Å². The molecule has 88 valence electrons. The topological polar surface area (TPSA) is 58.5 Å². The van der Waals surface area contributed by atoms with E-state index >= 15 is 0 Å². The summed E-state index contributed by atoms with van der Waals surface area (Å²) in [6, 6.07) is 9.71. The van der Waals surface area contributed by atoms with Gasteiger partial charge in [-0.25, -0.2) is 0 Å². The molecule has 0 saturated carbocycles. The molecule has 1 aromatic carbocycles. The first-order valence-corrected chi connectivity index (χ1v) is 5.57. The molecule has 2 atom stereocenters. The fraction of sp³-hybridized carbons (Fsp3) is 0.308. The Bertz CT molecular complexity index is 438. The summed E-state index contributed by atoms with van der Waals surface area (Å²) < 4.78 is 0. The number of nitrogens with one attached hydrogen (secondary N) is 1. The SMILES string of the molecule is C[C@@H](N=CC1C(=O)CNC1=O)c1ccccc1. The molecule has 2 rings (SSSR count). The van der Waals surface area contributed by atoms with Crippen LogP contribution in [0.5, 0.6) is 0 Å². The second-order valence-corrected chi connectivity index (χ2v) is 4.05. The molecule has 0 aliphatic carbocycles. The van der Waals surface area contributed by atoms with Crippen LogP contribution in [0.25, 0.3) is 0 Å². The Hall–Kier alpha value is -1.97. The second kappa shape index (κ2) is 4.91. The van der Waals surface area contributed by atoms with Crippen LogP contribution >= 0.6 is 0 Å². The lowest BCUT2D eigenvalue weighted by Gasteiger charge is -2.06. The van der Waals surface area contributed by atoms with Gasteiger partial charge in [0.05, 0.1) is 12.6 Å². The predicted molar refractivity (Wildman–Crippen MR) is 64.9 cm³/mol. The van der Waals surface area contributed by atoms with Crippen molar-refractivity contribution in [2.24, 2.45) is 10.9 Å². The molecular weight excluding hydrogens is 216 g/mol. The number of ketones is 1. The minimum absolute atomic E-state index is 0.0441. The molecule has 1 N–H and O–H groups in total. The first kappa shape index (κ1) is 11.5. The third-order valence-corrected chi connectivity index (χ3v) is 2.81. The Morgan fingerprint density at radius 1 is 1.35 bits per heavy atom. The summed E-state index contributed by atoms with van der Waals surface area (Å²) in [5.74, 6) is -1.07. The van der Waals surface area contributed by atoms with Crippen LogP contribution in [0.15, 0.2) is 35.3 Å². The van der Waals surface area contributed by atoms with E-state index < -0.39 is 5.92 Å². The smallest absolute Gasteiger partial charge is 0.236 e. The van der Waals surface area contributed by atoms with Gasteiger partial charge in [-0.3, -0.25) is 14.6 Å². The van der Waals surface area contributed by atoms with Gasteiger partial charge >= 0.3 is 0 Å². The number of nitrogens with zero attached hydrogens (tertiary/aromatic N) is 1. The van der Waals surface area contributed by atoms with E-state index in [4.69, 9.17) is 0 Å². The summed E-state index contributed by atoms with van der Waals surface area (Å²) in [7, 11) is 0. The van der Waals surface area contributed by atoms with Crippen molar-refractivity contribution in [1.82, 2.24) is 5.32 Å². The monoisotopic (exact) mass is 230 g/mol. The predicted octanol–water partition coefficient (Wildman–Crippen LogP) is 1.13. The molecule has 0 aromatic heterocycles. The zero-order valence-electron chi connectivity index (χ0n) is 9.59. The standard InChI is InChI=1S/C13H14N2O2/c1-9(10-5-3-2-4-6-10)14-7-11-12(16)8-15-13(11)17/h2-7,9,11H,8H2,1H3,(H,15,17)/t9-,11?/m1/s1. The summed E-state index contributed by atoms with van der Waals surface area (Å²) in [6.45, 7) is 2.05. The number of amides is 1. The number of carbonyl (C=O) groups is 2. The van der Waals surface area contributed by atoms with Crippen LogP contribution in [-0.2, 0) is 9.59 Å². The zero-order chi connectivity index (χ0) is 12.3. The molecule has 1 saturated heterocycles. The first-order chi connectivity index (χ1) is 8.18. The number of hydrogen-bond acceptors (Lipinski definition) is 3. The van der Waals surface area contributed by atoms with Crippen LogP contribution < -0.4 is 5.32 Å². The van der Waals surface area contributed by atoms with E-state index in [1.807, 2.05) is 37.3 Å². The fourth-order valence-corrected chi connectivity index (χ4v) is 1.72. The average Bonchev–Trinajstić information content (AvgIpc) is 2.67. The molecule has 0 radical (unpaired) electrons. The number of Topliss-reactive ketones (excluding diaryl/α,β-unsaturated/α-hetero) is 1. The van der Waals surface area contributed by atoms with Crippen LogP contribution in [-0.4, -0.2) is 24.4 Å². The van der Waals surface area contributed by atoms with Crippen molar-refractivity contribution in [2.75, 3.05) is 6.54 Å². The van der Waals surface area contributed by atoms with Gasteiger partial charge in [0.1, 0.15) is 5.92 Å². The molecule has 0 bridgehead atoms. The van der Waals surface area contributed by atoms with Gasteiger partial charge in [-0.15, -0.1) is 0 Å². The van der Waals surface area contributed by atoms with E-state index in [9.17, 15) is 9.59 Å². The van der Waals surface area contributed by atoms with Crippen LogP contribution in [0.1, 0.15) is 18.5 Å². The minimum atomic E-state index is -0.707. The molecule has 4 heteroatoms. The highest BCUT2D eigenvalue weighted by atomic mass is 16.2. The summed E-state index contributed by atoms with van der Waals surface area (Å²) in [5, 5.41) is 2.50. The normalized spacial score (nSPS) is 21.8. The number of rotatable bonds is 3. The Morgan fingerprint density at radius 2 is 2.06 bits per heavy atom. The summed E-state index contributed by atoms with van der Waals surface area (Å²) in [4.78, 5) is 26.9. The maximum absolute atomic E-state index is 11.4. The van der Waals surface area contributed by atoms with Gasteiger partial charge in [-0.05, 0) is 12.5 Å². The molecule has 1 heterocycles. The largest absolute Gasteiger partial charge is 0.348 e. The lowest BCUT2D eigenvalue weighted by atomic mass is 10.1. The molecule has 1 amide bonds. The van der Waals surface area contributed by atoms with Gasteiger partial charge in [-0.2, -0.15) is 0 Å². The van der Waals surface area contributed by atoms with E-state index in [0.29, 0.717) is 0 Å². The van der Waals surface area contributed by atoms with Crippen molar-refractivity contribution in [3.8, 4) is 0 Å². The van der Waals surface area contributed by atoms with Crippen LogP contribution in [0.2, 0.25) is 0 Å². The lowest BCUT2D eigenvalue weighted by molar-refractivity contribution is -0.124. The Labute approximate surface area is 99.7 Å². The van der Waals surface area contributed by atoms with Gasteiger partial charge < -0.3 is 5.32 Å². The molecule has 1 aliphatic rings. The van der Waals surface area contributed by atoms with E-state index in [2.05, 4.69) is 10.3 Å². The molecule has 1 aliphatic heterocycles. The summed E-state index contributed by atoms with van der Waals surface area (Å²) in [6.07, 6.45) is 1.46. The molecule has 0 spiro atoms. The van der Waals surface area contributed by atoms with Crippen molar-refractivity contribution in [3.63, 3.8) is 0 Å². The van der Waals surface area contributed by atoms with Gasteiger partial charge in [0, 0.05) is 6.21 Å². The lowest BCUT2D eigenvalue weighted by Crippen LogP contribution is -2.21. The van der Waals surface area contributed by atoms with Gasteiger partial charge in [0.15, 0.2) is 5.78 Å². The number of aliphatic imine (C=N–C) groups is 1. The third-order valence-electron chi connectivity index (χ3n) is 2.81. The molecular formula is C13H14N2O2. The van der Waals surface area contributed by atoms with Gasteiger partial charge in [0.2, 0.25) is 5.91 Å². The maximum Gasteiger partial charge on any atom is 0.236 e. The first-order valence-electron chi connectivity index (χ1n) is 5.57. The summed E-state index contributed by atoms with van der Waals surface area (Å²) in [5.41, 5.74) is 1.06. The Morgan fingerprint density at radius 3 is 2.65 bits per heavy atom. The van der Waals surface area contributed by atoms with Crippen molar-refractivity contribution in [2.45, 2.75) is 13.0 Å². The highest BCUT2D eigenvalue weighted by Gasteiger charge is 2.31. The zero-order valence-corrected chi connectivity index (χ0v) is 9.59. The number of hydrogen-bond donors (Lipinski definition) is 1. The maximum atomic E-state index is 11.4. The Kier molecular flexibility index (Phi) is 3.32. The average molecular weight is 230 g/mol. The number of carbonyl (C=O) groups excluding carboxylic acids is 2. The van der Waals surface area contributed by atoms with E-state index in [1.54, 1.807) is 0 Å². The summed E-state index contributed by atoms with van der Waals surface area (Å²) >= 11 is 0. The van der Waals surface area contributed by atoms with E-state index in [1.165, 1.54) is 6.21 Å². The van der Waals surface area contributed by atoms with Crippen LogP contribution in [0, 0.1) is 5.92 Å². The third kappa shape index (κ3) is 2.58.